The lowest BCUT2D eigenvalue weighted by atomic mass is 10.1. The quantitative estimate of drug-likeness (QED) is 0.547. The van der Waals surface area contributed by atoms with E-state index in [0.29, 0.717) is 19.5 Å². The van der Waals surface area contributed by atoms with Crippen LogP contribution in [0.4, 0.5) is 4.79 Å². The van der Waals surface area contributed by atoms with Crippen molar-refractivity contribution in [2.45, 2.75) is 25.8 Å². The molecule has 3 N–H and O–H groups in total. The Labute approximate surface area is 77.3 Å². The predicted molar refractivity (Wildman–Crippen MR) is 48.2 cm³/mol. The van der Waals surface area contributed by atoms with Crippen LogP contribution in [0.15, 0.2) is 0 Å². The summed E-state index contributed by atoms with van der Waals surface area (Å²) in [5.74, 6) is 0.0638. The Bertz CT molecular complexity index is 196. The molecule has 3 amide bonds. The highest BCUT2D eigenvalue weighted by molar-refractivity contribution is 5.78. The molecule has 1 rings (SSSR count). The Morgan fingerprint density at radius 3 is 3.00 bits per heavy atom. The molecule has 1 aliphatic heterocycles. The maximum atomic E-state index is 11.1. The van der Waals surface area contributed by atoms with Crippen molar-refractivity contribution in [3.05, 3.63) is 0 Å². The molecule has 5 heteroatoms. The van der Waals surface area contributed by atoms with Gasteiger partial charge in [-0.1, -0.05) is 0 Å². The summed E-state index contributed by atoms with van der Waals surface area (Å²) in [6.45, 7) is 3.02. The van der Waals surface area contributed by atoms with E-state index < -0.39 is 0 Å². The van der Waals surface area contributed by atoms with Gasteiger partial charge in [-0.2, -0.15) is 0 Å². The molecule has 0 aliphatic carbocycles. The van der Waals surface area contributed by atoms with E-state index in [9.17, 15) is 9.59 Å². The molecule has 0 aromatic carbocycles. The van der Waals surface area contributed by atoms with Crippen LogP contribution in [0.5, 0.6) is 0 Å². The van der Waals surface area contributed by atoms with E-state index >= 15 is 0 Å². The average molecular weight is 185 g/mol. The summed E-state index contributed by atoms with van der Waals surface area (Å²) in [7, 11) is 0. The molecule has 1 fully saturated rings. The van der Waals surface area contributed by atoms with Crippen LogP contribution in [0.25, 0.3) is 0 Å². The standard InChI is InChI=1S/C8H15N3O2/c1-2-9-8(13)11-6-3-4-7(12)10-5-6/h6H,2-5H2,1H3,(H,10,12)(H2,9,11,13). The molecule has 0 spiro atoms. The van der Waals surface area contributed by atoms with E-state index in [0.717, 1.165) is 6.42 Å². The largest absolute Gasteiger partial charge is 0.354 e. The van der Waals surface area contributed by atoms with Gasteiger partial charge in [-0.05, 0) is 13.3 Å². The van der Waals surface area contributed by atoms with Crippen LogP contribution < -0.4 is 16.0 Å². The van der Waals surface area contributed by atoms with E-state index in [-0.39, 0.29) is 18.0 Å². The van der Waals surface area contributed by atoms with E-state index in [1.165, 1.54) is 0 Å². The summed E-state index contributed by atoms with van der Waals surface area (Å²) in [6.07, 6.45) is 1.22. The predicted octanol–water partition coefficient (Wildman–Crippen LogP) is -0.416. The first kappa shape index (κ1) is 9.83. The van der Waals surface area contributed by atoms with Crippen LogP contribution >= 0.6 is 0 Å². The number of carbonyl (C=O) groups excluding carboxylic acids is 2. The van der Waals surface area contributed by atoms with Crippen molar-refractivity contribution in [3.63, 3.8) is 0 Å². The maximum Gasteiger partial charge on any atom is 0.315 e. The monoisotopic (exact) mass is 185 g/mol. The van der Waals surface area contributed by atoms with Crippen LogP contribution in [0.3, 0.4) is 0 Å². The van der Waals surface area contributed by atoms with Crippen LogP contribution in [0.2, 0.25) is 0 Å². The number of rotatable bonds is 2. The Balaban J connectivity index is 2.22. The van der Waals surface area contributed by atoms with Gasteiger partial charge < -0.3 is 16.0 Å². The summed E-state index contributed by atoms with van der Waals surface area (Å²) in [6, 6.07) is -0.0899. The van der Waals surface area contributed by atoms with Gasteiger partial charge in [0.15, 0.2) is 0 Å². The fourth-order valence-electron chi connectivity index (χ4n) is 1.25. The Morgan fingerprint density at radius 2 is 2.46 bits per heavy atom. The molecular formula is C8H15N3O2. The van der Waals surface area contributed by atoms with Crippen LogP contribution in [0.1, 0.15) is 19.8 Å². The first-order chi connectivity index (χ1) is 6.22. The number of piperidine rings is 1. The van der Waals surface area contributed by atoms with E-state index in [1.54, 1.807) is 0 Å². The van der Waals surface area contributed by atoms with Crippen molar-refractivity contribution in [1.29, 1.82) is 0 Å². The molecule has 1 saturated heterocycles. The van der Waals surface area contributed by atoms with E-state index in [2.05, 4.69) is 16.0 Å². The first-order valence-corrected chi connectivity index (χ1v) is 4.53. The van der Waals surface area contributed by atoms with Crippen molar-refractivity contribution < 1.29 is 9.59 Å². The molecule has 74 valence electrons. The number of hydrogen-bond donors (Lipinski definition) is 3. The lowest BCUT2D eigenvalue weighted by Gasteiger charge is -2.23. The smallest absolute Gasteiger partial charge is 0.315 e. The molecule has 1 aliphatic rings. The fraction of sp³-hybridized carbons (Fsp3) is 0.750. The SMILES string of the molecule is CCNC(=O)NC1CCC(=O)NC1. The van der Waals surface area contributed by atoms with Crippen LogP contribution in [-0.2, 0) is 4.79 Å². The minimum Gasteiger partial charge on any atom is -0.354 e. The summed E-state index contributed by atoms with van der Waals surface area (Å²) in [4.78, 5) is 21.8. The van der Waals surface area contributed by atoms with Crippen molar-refractivity contribution in [2.24, 2.45) is 0 Å². The normalized spacial score (nSPS) is 21.9. The third-order valence-corrected chi connectivity index (χ3v) is 1.94. The lowest BCUT2D eigenvalue weighted by molar-refractivity contribution is -0.122. The number of carbonyl (C=O) groups is 2. The van der Waals surface area contributed by atoms with E-state index in [4.69, 9.17) is 0 Å². The molecule has 13 heavy (non-hydrogen) atoms. The number of nitrogens with one attached hydrogen (secondary N) is 3. The first-order valence-electron chi connectivity index (χ1n) is 4.53. The molecule has 1 heterocycles. The van der Waals surface area contributed by atoms with Gasteiger partial charge in [0.2, 0.25) is 5.91 Å². The molecule has 5 nitrogen and oxygen atoms in total. The van der Waals surface area contributed by atoms with Gasteiger partial charge in [0.25, 0.3) is 0 Å². The Hall–Kier alpha value is -1.26. The zero-order valence-corrected chi connectivity index (χ0v) is 7.72. The average Bonchev–Trinajstić information content (AvgIpc) is 2.09. The van der Waals surface area contributed by atoms with Crippen molar-refractivity contribution in [1.82, 2.24) is 16.0 Å². The maximum absolute atomic E-state index is 11.1. The van der Waals surface area contributed by atoms with E-state index in [1.807, 2.05) is 6.92 Å². The highest BCUT2D eigenvalue weighted by Gasteiger charge is 2.18. The zero-order valence-electron chi connectivity index (χ0n) is 7.72. The fourth-order valence-corrected chi connectivity index (χ4v) is 1.25. The molecule has 1 unspecified atom stereocenters. The second kappa shape index (κ2) is 4.69. The Morgan fingerprint density at radius 1 is 1.69 bits per heavy atom. The summed E-state index contributed by atoms with van der Waals surface area (Å²) < 4.78 is 0. The van der Waals surface area contributed by atoms with Crippen molar-refractivity contribution in [2.75, 3.05) is 13.1 Å². The Kier molecular flexibility index (Phi) is 3.54. The third-order valence-electron chi connectivity index (χ3n) is 1.94. The molecule has 0 bridgehead atoms. The molecular weight excluding hydrogens is 170 g/mol. The molecule has 0 radical (unpaired) electrons. The van der Waals surface area contributed by atoms with Gasteiger partial charge >= 0.3 is 6.03 Å². The second-order valence-corrected chi connectivity index (χ2v) is 3.04. The van der Waals surface area contributed by atoms with Gasteiger partial charge in [-0.25, -0.2) is 4.79 Å². The highest BCUT2D eigenvalue weighted by atomic mass is 16.2. The minimum atomic E-state index is -0.163. The van der Waals surface area contributed by atoms with Gasteiger partial charge in [-0.3, -0.25) is 4.79 Å². The summed E-state index contributed by atoms with van der Waals surface area (Å²) in [5, 5.41) is 8.11. The van der Waals surface area contributed by atoms with Crippen LogP contribution in [0, 0.1) is 0 Å². The van der Waals surface area contributed by atoms with Crippen LogP contribution in [-0.4, -0.2) is 31.1 Å². The van der Waals surface area contributed by atoms with Gasteiger partial charge in [0.1, 0.15) is 0 Å². The minimum absolute atomic E-state index is 0.0638. The molecule has 0 saturated carbocycles. The zero-order chi connectivity index (χ0) is 9.68. The topological polar surface area (TPSA) is 70.2 Å². The molecule has 1 atom stereocenters. The second-order valence-electron chi connectivity index (χ2n) is 3.04. The van der Waals surface area contributed by atoms with Gasteiger partial charge in [0.05, 0.1) is 0 Å². The van der Waals surface area contributed by atoms with Crippen molar-refractivity contribution in [3.8, 4) is 0 Å². The van der Waals surface area contributed by atoms with Crippen molar-refractivity contribution >= 4 is 11.9 Å². The number of hydrogen-bond acceptors (Lipinski definition) is 2. The number of amides is 3. The molecule has 0 aromatic rings. The summed E-state index contributed by atoms with van der Waals surface area (Å²) >= 11 is 0. The molecule has 0 aromatic heterocycles. The number of urea groups is 1. The van der Waals surface area contributed by atoms with Gasteiger partial charge in [0, 0.05) is 25.6 Å². The lowest BCUT2D eigenvalue weighted by Crippen LogP contribution is -2.50. The van der Waals surface area contributed by atoms with Gasteiger partial charge in [-0.15, -0.1) is 0 Å². The summed E-state index contributed by atoms with van der Waals surface area (Å²) in [5.41, 5.74) is 0. The highest BCUT2D eigenvalue weighted by Crippen LogP contribution is 2.01. The third kappa shape index (κ3) is 3.31.